The molecule has 0 radical (unpaired) electrons. The van der Waals surface area contributed by atoms with E-state index in [0.29, 0.717) is 41.9 Å². The zero-order valence-corrected chi connectivity index (χ0v) is 24.1. The van der Waals surface area contributed by atoms with Crippen LogP contribution >= 0.6 is 34.8 Å². The summed E-state index contributed by atoms with van der Waals surface area (Å²) < 4.78 is 26.2. The number of benzene rings is 3. The lowest BCUT2D eigenvalue weighted by Crippen LogP contribution is -2.55. The molecule has 1 heterocycles. The van der Waals surface area contributed by atoms with Crippen molar-refractivity contribution in [2.75, 3.05) is 42.1 Å². The van der Waals surface area contributed by atoms with Crippen LogP contribution in [0, 0.1) is 0 Å². The zero-order valence-electron chi connectivity index (χ0n) is 21.0. The first-order chi connectivity index (χ1) is 18.5. The summed E-state index contributed by atoms with van der Waals surface area (Å²) in [5.41, 5.74) is 2.35. The van der Waals surface area contributed by atoms with Gasteiger partial charge in [0.15, 0.2) is 0 Å². The molecule has 1 atom stereocenters. The van der Waals surface area contributed by atoms with Crippen LogP contribution in [0.25, 0.3) is 0 Å². The van der Waals surface area contributed by atoms with Gasteiger partial charge in [0, 0.05) is 43.2 Å². The summed E-state index contributed by atoms with van der Waals surface area (Å²) >= 11 is 18.1. The van der Waals surface area contributed by atoms with Gasteiger partial charge >= 0.3 is 0 Å². The van der Waals surface area contributed by atoms with E-state index >= 15 is 0 Å². The quantitative estimate of drug-likeness (QED) is 0.386. The van der Waals surface area contributed by atoms with E-state index in [1.54, 1.807) is 35.2 Å². The SMILES string of the molecule is CS(=O)(=O)Nc1ccccc1N1CCN(C(=O)[C@@H](Cc2ccc(Cl)cc2)NC(=O)c2ccc(Cl)c(Cl)c2)CC1. The Bertz CT molecular complexity index is 1460. The molecule has 1 saturated heterocycles. The molecule has 1 fully saturated rings. The van der Waals surface area contributed by atoms with Gasteiger partial charge in [-0.15, -0.1) is 0 Å². The van der Waals surface area contributed by atoms with E-state index in [4.69, 9.17) is 34.8 Å². The smallest absolute Gasteiger partial charge is 0.251 e. The lowest BCUT2D eigenvalue weighted by Gasteiger charge is -2.38. The van der Waals surface area contributed by atoms with Crippen molar-refractivity contribution < 1.29 is 18.0 Å². The highest BCUT2D eigenvalue weighted by atomic mass is 35.5. The van der Waals surface area contributed by atoms with Gasteiger partial charge in [-0.1, -0.05) is 59.1 Å². The molecule has 0 bridgehead atoms. The van der Waals surface area contributed by atoms with Crippen LogP contribution in [0.4, 0.5) is 11.4 Å². The minimum absolute atomic E-state index is 0.222. The number of nitrogens with one attached hydrogen (secondary N) is 2. The summed E-state index contributed by atoms with van der Waals surface area (Å²) in [5.74, 6) is -0.666. The molecule has 3 aromatic rings. The van der Waals surface area contributed by atoms with E-state index in [2.05, 4.69) is 10.0 Å². The standard InChI is InChI=1S/C27H27Cl3N4O4S/c1-39(37,38)32-23-4-2-3-5-25(23)33-12-14-34(15-13-33)27(36)24(16-18-6-9-20(28)10-7-18)31-26(35)19-8-11-21(29)22(30)17-19/h2-11,17,24,32H,12-16H2,1H3,(H,31,35)/t24-/m1/s1. The van der Waals surface area contributed by atoms with Crippen LogP contribution in [0.5, 0.6) is 0 Å². The fraction of sp³-hybridized carbons (Fsp3) is 0.259. The number of amides is 2. The van der Waals surface area contributed by atoms with E-state index in [1.165, 1.54) is 12.1 Å². The van der Waals surface area contributed by atoms with Gasteiger partial charge < -0.3 is 15.1 Å². The Hall–Kier alpha value is -2.98. The highest BCUT2D eigenvalue weighted by Crippen LogP contribution is 2.28. The van der Waals surface area contributed by atoms with Crippen LogP contribution in [-0.4, -0.2) is 63.6 Å². The fourth-order valence-electron chi connectivity index (χ4n) is 4.36. The van der Waals surface area contributed by atoms with E-state index in [0.717, 1.165) is 17.5 Å². The zero-order chi connectivity index (χ0) is 28.2. The van der Waals surface area contributed by atoms with Gasteiger partial charge in [0.05, 0.1) is 27.7 Å². The number of hydrogen-bond donors (Lipinski definition) is 2. The largest absolute Gasteiger partial charge is 0.366 e. The highest BCUT2D eigenvalue weighted by molar-refractivity contribution is 7.92. The van der Waals surface area contributed by atoms with Crippen molar-refractivity contribution in [3.05, 3.63) is 92.9 Å². The minimum atomic E-state index is -3.45. The Morgan fingerprint density at radius 2 is 1.56 bits per heavy atom. The van der Waals surface area contributed by atoms with Gasteiger partial charge in [-0.05, 0) is 48.0 Å². The number of halogens is 3. The first-order valence-electron chi connectivity index (χ1n) is 12.1. The fourth-order valence-corrected chi connectivity index (χ4v) is 5.35. The summed E-state index contributed by atoms with van der Waals surface area (Å²) in [6, 6.07) is 18.0. The monoisotopic (exact) mass is 608 g/mol. The van der Waals surface area contributed by atoms with Gasteiger partial charge in [-0.2, -0.15) is 0 Å². The number of anilines is 2. The van der Waals surface area contributed by atoms with Crippen molar-refractivity contribution in [2.45, 2.75) is 12.5 Å². The Morgan fingerprint density at radius 3 is 2.21 bits per heavy atom. The first kappa shape index (κ1) is 29.0. The lowest BCUT2D eigenvalue weighted by atomic mass is 10.0. The summed E-state index contributed by atoms with van der Waals surface area (Å²) in [7, 11) is -3.45. The Labute approximate surface area is 242 Å². The van der Waals surface area contributed by atoms with Gasteiger partial charge in [-0.25, -0.2) is 8.42 Å². The predicted octanol–water partition coefficient (Wildman–Crippen LogP) is 4.71. The van der Waals surface area contributed by atoms with E-state index in [9.17, 15) is 18.0 Å². The molecule has 8 nitrogen and oxygen atoms in total. The molecular formula is C27H27Cl3N4O4S. The molecule has 1 aliphatic rings. The summed E-state index contributed by atoms with van der Waals surface area (Å²) in [5, 5.41) is 4.00. The molecule has 3 aromatic carbocycles. The van der Waals surface area contributed by atoms with Crippen LogP contribution in [0.3, 0.4) is 0 Å². The third-order valence-electron chi connectivity index (χ3n) is 6.27. The number of hydrogen-bond acceptors (Lipinski definition) is 5. The number of rotatable bonds is 8. The molecule has 1 aliphatic heterocycles. The second kappa shape index (κ2) is 12.5. The van der Waals surface area contributed by atoms with Crippen molar-refractivity contribution in [1.29, 1.82) is 0 Å². The van der Waals surface area contributed by atoms with Gasteiger partial charge in [0.25, 0.3) is 5.91 Å². The molecule has 4 rings (SSSR count). The maximum absolute atomic E-state index is 13.7. The van der Waals surface area contributed by atoms with Crippen LogP contribution in [-0.2, 0) is 21.2 Å². The molecule has 12 heteroatoms. The third-order valence-corrected chi connectivity index (χ3v) is 7.85. The Kier molecular flexibility index (Phi) is 9.27. The molecule has 0 aliphatic carbocycles. The number of carbonyl (C=O) groups is 2. The number of para-hydroxylation sites is 2. The number of nitrogens with zero attached hydrogens (tertiary/aromatic N) is 2. The van der Waals surface area contributed by atoms with Crippen LogP contribution < -0.4 is 14.9 Å². The first-order valence-corrected chi connectivity index (χ1v) is 15.1. The molecule has 39 heavy (non-hydrogen) atoms. The second-order valence-electron chi connectivity index (χ2n) is 9.19. The van der Waals surface area contributed by atoms with E-state index in [-0.39, 0.29) is 22.9 Å². The van der Waals surface area contributed by atoms with E-state index < -0.39 is 22.0 Å². The van der Waals surface area contributed by atoms with Crippen molar-refractivity contribution in [1.82, 2.24) is 10.2 Å². The summed E-state index contributed by atoms with van der Waals surface area (Å²) in [6.45, 7) is 1.77. The highest BCUT2D eigenvalue weighted by Gasteiger charge is 2.30. The normalized spacial score (nSPS) is 14.6. The molecule has 0 unspecified atom stereocenters. The van der Waals surface area contributed by atoms with Crippen LogP contribution in [0.15, 0.2) is 66.7 Å². The lowest BCUT2D eigenvalue weighted by molar-refractivity contribution is -0.133. The molecule has 0 spiro atoms. The molecule has 2 amide bonds. The number of sulfonamides is 1. The summed E-state index contributed by atoms with van der Waals surface area (Å²) in [6.07, 6.45) is 1.37. The minimum Gasteiger partial charge on any atom is -0.366 e. The predicted molar refractivity (Wildman–Crippen MR) is 157 cm³/mol. The number of carbonyl (C=O) groups excluding carboxylic acids is 2. The molecule has 2 N–H and O–H groups in total. The molecule has 0 saturated carbocycles. The topological polar surface area (TPSA) is 98.8 Å². The average Bonchev–Trinajstić information content (AvgIpc) is 2.90. The van der Waals surface area contributed by atoms with Gasteiger partial charge in [0.1, 0.15) is 6.04 Å². The van der Waals surface area contributed by atoms with E-state index in [1.807, 2.05) is 29.2 Å². The second-order valence-corrected chi connectivity index (χ2v) is 12.2. The van der Waals surface area contributed by atoms with Crippen LogP contribution in [0.1, 0.15) is 15.9 Å². The molecule has 0 aromatic heterocycles. The van der Waals surface area contributed by atoms with Crippen LogP contribution in [0.2, 0.25) is 15.1 Å². The van der Waals surface area contributed by atoms with Crippen molar-refractivity contribution in [3.63, 3.8) is 0 Å². The average molecular weight is 610 g/mol. The van der Waals surface area contributed by atoms with Crippen molar-refractivity contribution in [3.8, 4) is 0 Å². The number of piperazine rings is 1. The maximum atomic E-state index is 13.7. The molecular weight excluding hydrogens is 583 g/mol. The Morgan fingerprint density at radius 1 is 0.897 bits per heavy atom. The third kappa shape index (κ3) is 7.79. The van der Waals surface area contributed by atoms with Gasteiger partial charge in [0.2, 0.25) is 15.9 Å². The van der Waals surface area contributed by atoms with Crippen molar-refractivity contribution in [2.24, 2.45) is 0 Å². The maximum Gasteiger partial charge on any atom is 0.251 e. The van der Waals surface area contributed by atoms with Crippen molar-refractivity contribution >= 4 is 68.0 Å². The molecule has 206 valence electrons. The van der Waals surface area contributed by atoms with Gasteiger partial charge in [-0.3, -0.25) is 14.3 Å². The Balaban J connectivity index is 1.49. The summed E-state index contributed by atoms with van der Waals surface area (Å²) in [4.78, 5) is 30.5.